The Balaban J connectivity index is 2.11. The van der Waals surface area contributed by atoms with Crippen molar-refractivity contribution in [2.24, 2.45) is 0 Å². The van der Waals surface area contributed by atoms with Crippen molar-refractivity contribution < 1.29 is 13.2 Å². The molecule has 3 aromatic rings. The Morgan fingerprint density at radius 2 is 2.11 bits per heavy atom. The molecule has 7 nitrogen and oxygen atoms in total. The van der Waals surface area contributed by atoms with Crippen LogP contribution < -0.4 is 10.0 Å². The second kappa shape index (κ2) is 7.63. The van der Waals surface area contributed by atoms with Gasteiger partial charge in [-0.25, -0.2) is 13.4 Å². The van der Waals surface area contributed by atoms with E-state index in [9.17, 15) is 13.2 Å². The minimum atomic E-state index is -3.49. The van der Waals surface area contributed by atoms with Gasteiger partial charge in [0.15, 0.2) is 0 Å². The van der Waals surface area contributed by atoms with Gasteiger partial charge in [0.1, 0.15) is 5.65 Å². The molecule has 2 heterocycles. The lowest BCUT2D eigenvalue weighted by Gasteiger charge is -2.10. The molecule has 0 fully saturated rings. The number of hydrogen-bond acceptors (Lipinski definition) is 4. The predicted molar refractivity (Wildman–Crippen MR) is 108 cm³/mol. The smallest absolute Gasteiger partial charge is 0.247 e. The molecule has 8 heteroatoms. The molecule has 0 aliphatic rings. The van der Waals surface area contributed by atoms with Crippen LogP contribution in [0.2, 0.25) is 0 Å². The van der Waals surface area contributed by atoms with E-state index in [-0.39, 0.29) is 11.7 Å². The predicted octanol–water partition coefficient (Wildman–Crippen LogP) is 3.51. The van der Waals surface area contributed by atoms with Crippen molar-refractivity contribution in [3.63, 3.8) is 0 Å². The Hall–Kier alpha value is -3.13. The molecule has 0 saturated carbocycles. The van der Waals surface area contributed by atoms with Gasteiger partial charge in [0.2, 0.25) is 15.9 Å². The molecule has 3 rings (SSSR count). The van der Waals surface area contributed by atoms with E-state index in [0.29, 0.717) is 40.1 Å². The van der Waals surface area contributed by atoms with Crippen LogP contribution in [0, 0.1) is 0 Å². The molecular formula is C19H20N4O3S. The number of aromatic nitrogens is 2. The molecule has 0 saturated heterocycles. The van der Waals surface area contributed by atoms with Crippen molar-refractivity contribution in [2.75, 3.05) is 15.8 Å². The van der Waals surface area contributed by atoms with Crippen LogP contribution >= 0.6 is 0 Å². The number of nitrogens with one attached hydrogen (secondary N) is 3. The van der Waals surface area contributed by atoms with E-state index in [1.807, 2.05) is 13.0 Å². The topological polar surface area (TPSA) is 104 Å². The first kappa shape index (κ1) is 18.7. The third-order valence-corrected chi connectivity index (χ3v) is 5.37. The van der Waals surface area contributed by atoms with Crippen molar-refractivity contribution in [3.8, 4) is 11.3 Å². The molecule has 0 radical (unpaired) electrons. The minimum absolute atomic E-state index is 0.0226. The Morgan fingerprint density at radius 3 is 2.85 bits per heavy atom. The zero-order chi connectivity index (χ0) is 19.4. The molecule has 0 spiro atoms. The molecule has 1 aromatic carbocycles. The highest BCUT2D eigenvalue weighted by Gasteiger charge is 2.19. The number of carbonyl (C=O) groups excluding carboxylic acids is 1. The molecule has 0 aliphatic carbocycles. The monoisotopic (exact) mass is 384 g/mol. The first-order valence-corrected chi connectivity index (χ1v) is 10.1. The average Bonchev–Trinajstić information content (AvgIpc) is 3.00. The number of pyridine rings is 1. The normalized spacial score (nSPS) is 11.3. The van der Waals surface area contributed by atoms with Gasteiger partial charge in [-0.2, -0.15) is 0 Å². The van der Waals surface area contributed by atoms with Crippen LogP contribution in [0.5, 0.6) is 0 Å². The van der Waals surface area contributed by atoms with E-state index in [2.05, 4.69) is 26.6 Å². The summed E-state index contributed by atoms with van der Waals surface area (Å²) in [7, 11) is -3.49. The fourth-order valence-electron chi connectivity index (χ4n) is 2.77. The Labute approximate surface area is 157 Å². The van der Waals surface area contributed by atoms with Crippen LogP contribution in [0.3, 0.4) is 0 Å². The van der Waals surface area contributed by atoms with Crippen molar-refractivity contribution in [3.05, 3.63) is 55.3 Å². The van der Waals surface area contributed by atoms with Gasteiger partial charge in [0.05, 0.1) is 17.1 Å². The highest BCUT2D eigenvalue weighted by Crippen LogP contribution is 2.35. The number of amides is 1. The van der Waals surface area contributed by atoms with Gasteiger partial charge in [0, 0.05) is 22.8 Å². The number of fused-ring (bicyclic) bond motifs is 1. The molecule has 140 valence electrons. The van der Waals surface area contributed by atoms with Crippen molar-refractivity contribution in [1.82, 2.24) is 9.97 Å². The summed E-state index contributed by atoms with van der Waals surface area (Å²) in [6.45, 7) is 5.24. The summed E-state index contributed by atoms with van der Waals surface area (Å²) in [5.41, 5.74) is 2.88. The number of anilines is 2. The summed E-state index contributed by atoms with van der Waals surface area (Å²) in [5, 5.41) is 3.37. The standard InChI is InChI=1S/C19H20N4O3S/c1-3-11-27(25,26)23-18-15-9-6-10-20-19(15)22-17(18)13-7-5-8-14(12-13)21-16(24)4-2/h4-10,12,23H,2-3,11H2,1H3,(H,20,22)(H,21,24). The third-order valence-electron chi connectivity index (χ3n) is 3.91. The number of benzene rings is 1. The number of hydrogen-bond donors (Lipinski definition) is 3. The Kier molecular flexibility index (Phi) is 5.27. The molecule has 27 heavy (non-hydrogen) atoms. The lowest BCUT2D eigenvalue weighted by atomic mass is 10.1. The molecule has 0 atom stereocenters. The third kappa shape index (κ3) is 4.17. The molecule has 0 bridgehead atoms. The molecule has 0 aliphatic heterocycles. The van der Waals surface area contributed by atoms with Crippen molar-refractivity contribution in [1.29, 1.82) is 0 Å². The molecular weight excluding hydrogens is 364 g/mol. The fourth-order valence-corrected chi connectivity index (χ4v) is 3.93. The quantitative estimate of drug-likeness (QED) is 0.542. The SMILES string of the molecule is C=CC(=O)Nc1cccc(-c2[nH]c3ncccc3c2NS(=O)(=O)CCC)c1. The maximum atomic E-state index is 12.4. The lowest BCUT2D eigenvalue weighted by Crippen LogP contribution is -2.16. The Morgan fingerprint density at radius 1 is 1.30 bits per heavy atom. The summed E-state index contributed by atoms with van der Waals surface area (Å²) in [6, 6.07) is 10.6. The molecule has 0 unspecified atom stereocenters. The first-order valence-electron chi connectivity index (χ1n) is 8.44. The summed E-state index contributed by atoms with van der Waals surface area (Å²) < 4.78 is 27.4. The summed E-state index contributed by atoms with van der Waals surface area (Å²) in [5.74, 6) is -0.302. The van der Waals surface area contributed by atoms with Crippen LogP contribution in [-0.2, 0) is 14.8 Å². The van der Waals surface area contributed by atoms with Gasteiger partial charge in [-0.1, -0.05) is 25.6 Å². The average molecular weight is 384 g/mol. The van der Waals surface area contributed by atoms with E-state index >= 15 is 0 Å². The highest BCUT2D eigenvalue weighted by atomic mass is 32.2. The first-order chi connectivity index (χ1) is 12.9. The van der Waals surface area contributed by atoms with Gasteiger partial charge >= 0.3 is 0 Å². The van der Waals surface area contributed by atoms with Crippen molar-refractivity contribution >= 4 is 38.3 Å². The number of carbonyl (C=O) groups is 1. The van der Waals surface area contributed by atoms with E-state index in [4.69, 9.17) is 0 Å². The number of aromatic amines is 1. The molecule has 3 N–H and O–H groups in total. The van der Waals surface area contributed by atoms with Gasteiger partial charge in [0.25, 0.3) is 0 Å². The maximum absolute atomic E-state index is 12.4. The Bertz CT molecular complexity index is 1100. The minimum Gasteiger partial charge on any atom is -0.337 e. The highest BCUT2D eigenvalue weighted by molar-refractivity contribution is 7.92. The van der Waals surface area contributed by atoms with Crippen LogP contribution in [0.4, 0.5) is 11.4 Å². The second-order valence-corrected chi connectivity index (χ2v) is 7.81. The summed E-state index contributed by atoms with van der Waals surface area (Å²) in [4.78, 5) is 19.0. The second-order valence-electron chi connectivity index (χ2n) is 5.97. The van der Waals surface area contributed by atoms with Crippen LogP contribution in [0.25, 0.3) is 22.3 Å². The zero-order valence-corrected chi connectivity index (χ0v) is 15.6. The van der Waals surface area contributed by atoms with E-state index in [1.54, 1.807) is 36.5 Å². The molecule has 2 aromatic heterocycles. The lowest BCUT2D eigenvalue weighted by molar-refractivity contribution is -0.111. The van der Waals surface area contributed by atoms with Gasteiger partial charge in [-0.3, -0.25) is 9.52 Å². The number of nitrogens with zero attached hydrogens (tertiary/aromatic N) is 1. The van der Waals surface area contributed by atoms with E-state index in [1.165, 1.54) is 6.08 Å². The summed E-state index contributed by atoms with van der Waals surface area (Å²) >= 11 is 0. The van der Waals surface area contributed by atoms with Crippen LogP contribution in [0.15, 0.2) is 55.3 Å². The van der Waals surface area contributed by atoms with Gasteiger partial charge < -0.3 is 10.3 Å². The fraction of sp³-hybridized carbons (Fsp3) is 0.158. The van der Waals surface area contributed by atoms with Gasteiger partial charge in [-0.15, -0.1) is 0 Å². The largest absolute Gasteiger partial charge is 0.337 e. The van der Waals surface area contributed by atoms with Crippen LogP contribution in [-0.4, -0.2) is 30.0 Å². The van der Waals surface area contributed by atoms with E-state index in [0.717, 1.165) is 0 Å². The number of rotatable bonds is 7. The summed E-state index contributed by atoms with van der Waals surface area (Å²) in [6.07, 6.45) is 3.33. The molecule has 1 amide bonds. The van der Waals surface area contributed by atoms with Gasteiger partial charge in [-0.05, 0) is 36.8 Å². The number of H-pyrrole nitrogens is 1. The van der Waals surface area contributed by atoms with E-state index < -0.39 is 10.0 Å². The van der Waals surface area contributed by atoms with Crippen molar-refractivity contribution in [2.45, 2.75) is 13.3 Å². The maximum Gasteiger partial charge on any atom is 0.247 e. The number of sulfonamides is 1. The van der Waals surface area contributed by atoms with Crippen LogP contribution in [0.1, 0.15) is 13.3 Å². The zero-order valence-electron chi connectivity index (χ0n) is 14.8.